The Balaban J connectivity index is 1.76. The first-order chi connectivity index (χ1) is 12.1. The number of rotatable bonds is 3. The fraction of sp³-hybridized carbons (Fsp3) is 0.105. The Morgan fingerprint density at radius 1 is 0.960 bits per heavy atom. The fourth-order valence-corrected chi connectivity index (χ4v) is 2.54. The minimum atomic E-state index is -0.555. The summed E-state index contributed by atoms with van der Waals surface area (Å²) in [6, 6.07) is 15.3. The smallest absolute Gasteiger partial charge is 0.270 e. The first-order valence-electron chi connectivity index (χ1n) is 7.90. The first-order valence-corrected chi connectivity index (χ1v) is 7.90. The van der Waals surface area contributed by atoms with Crippen LogP contribution in [0.1, 0.15) is 33.2 Å². The van der Waals surface area contributed by atoms with Crippen molar-refractivity contribution < 1.29 is 9.59 Å². The van der Waals surface area contributed by atoms with Gasteiger partial charge in [-0.1, -0.05) is 37.3 Å². The summed E-state index contributed by atoms with van der Waals surface area (Å²) in [6.07, 6.45) is 0.883. The number of H-pyrrole nitrogens is 1. The van der Waals surface area contributed by atoms with Crippen LogP contribution in [0.4, 0.5) is 0 Å². The lowest BCUT2D eigenvalue weighted by Crippen LogP contribution is -2.42. The predicted molar refractivity (Wildman–Crippen MR) is 95.3 cm³/mol. The first kappa shape index (κ1) is 16.4. The van der Waals surface area contributed by atoms with Crippen LogP contribution in [0.25, 0.3) is 10.9 Å². The van der Waals surface area contributed by atoms with Gasteiger partial charge < -0.3 is 4.98 Å². The lowest BCUT2D eigenvalue weighted by molar-refractivity contribution is 0.0847. The van der Waals surface area contributed by atoms with E-state index in [0.717, 1.165) is 12.0 Å². The molecule has 1 heterocycles. The average Bonchev–Trinajstić information content (AvgIpc) is 2.65. The van der Waals surface area contributed by atoms with E-state index in [4.69, 9.17) is 0 Å². The van der Waals surface area contributed by atoms with E-state index in [1.54, 1.807) is 36.4 Å². The summed E-state index contributed by atoms with van der Waals surface area (Å²) in [5.74, 6) is -0.981. The van der Waals surface area contributed by atoms with Gasteiger partial charge in [0.2, 0.25) is 5.56 Å². The van der Waals surface area contributed by atoms with Gasteiger partial charge in [-0.05, 0) is 30.2 Å². The zero-order valence-corrected chi connectivity index (χ0v) is 13.6. The van der Waals surface area contributed by atoms with Crippen molar-refractivity contribution in [3.63, 3.8) is 0 Å². The normalized spacial score (nSPS) is 10.4. The lowest BCUT2D eigenvalue weighted by atomic mass is 10.1. The summed E-state index contributed by atoms with van der Waals surface area (Å²) in [7, 11) is 0. The van der Waals surface area contributed by atoms with E-state index in [1.165, 1.54) is 6.07 Å². The maximum Gasteiger partial charge on any atom is 0.270 e. The standard InChI is InChI=1S/C19H17N3O3/c1-2-12-7-9-13(10-8-12)18(24)21-22-19(25)15-11-17(23)20-16-6-4-3-5-14(15)16/h3-11H,2H2,1H3,(H,20,23)(H,21,24)(H,22,25). The molecule has 3 N–H and O–H groups in total. The third-order valence-electron chi connectivity index (χ3n) is 3.91. The van der Waals surface area contributed by atoms with Crippen molar-refractivity contribution >= 4 is 22.7 Å². The number of amides is 2. The van der Waals surface area contributed by atoms with Gasteiger partial charge in [-0.15, -0.1) is 0 Å². The number of aromatic amines is 1. The predicted octanol–water partition coefficient (Wildman–Crippen LogP) is 2.17. The number of para-hydroxylation sites is 1. The number of aromatic nitrogens is 1. The molecule has 0 aliphatic carbocycles. The third-order valence-corrected chi connectivity index (χ3v) is 3.91. The summed E-state index contributed by atoms with van der Waals surface area (Å²) < 4.78 is 0. The van der Waals surface area contributed by atoms with Crippen LogP contribution in [0.15, 0.2) is 59.4 Å². The SMILES string of the molecule is CCc1ccc(C(=O)NNC(=O)c2cc(=O)[nH]c3ccccc23)cc1. The monoisotopic (exact) mass is 335 g/mol. The summed E-state index contributed by atoms with van der Waals surface area (Å²) in [4.78, 5) is 38.9. The number of benzene rings is 2. The van der Waals surface area contributed by atoms with Gasteiger partial charge in [0.05, 0.1) is 5.56 Å². The number of pyridine rings is 1. The van der Waals surface area contributed by atoms with E-state index < -0.39 is 11.8 Å². The third kappa shape index (κ3) is 3.58. The Morgan fingerprint density at radius 2 is 1.64 bits per heavy atom. The summed E-state index contributed by atoms with van der Waals surface area (Å²) in [6.45, 7) is 2.03. The van der Waals surface area contributed by atoms with E-state index in [2.05, 4.69) is 15.8 Å². The molecule has 0 atom stereocenters. The van der Waals surface area contributed by atoms with Crippen molar-refractivity contribution in [2.24, 2.45) is 0 Å². The molecule has 126 valence electrons. The van der Waals surface area contributed by atoms with Crippen molar-refractivity contribution in [1.82, 2.24) is 15.8 Å². The maximum absolute atomic E-state index is 12.4. The highest BCUT2D eigenvalue weighted by atomic mass is 16.2. The highest BCUT2D eigenvalue weighted by Crippen LogP contribution is 2.14. The van der Waals surface area contributed by atoms with Gasteiger partial charge in [-0.25, -0.2) is 0 Å². The van der Waals surface area contributed by atoms with Gasteiger partial charge in [0.1, 0.15) is 0 Å². The fourth-order valence-electron chi connectivity index (χ4n) is 2.54. The Labute approximate surface area is 143 Å². The average molecular weight is 335 g/mol. The molecule has 0 aliphatic rings. The molecule has 0 bridgehead atoms. The molecule has 0 saturated carbocycles. The van der Waals surface area contributed by atoms with Crippen LogP contribution < -0.4 is 16.4 Å². The number of nitrogens with one attached hydrogen (secondary N) is 3. The van der Waals surface area contributed by atoms with E-state index in [-0.39, 0.29) is 11.1 Å². The Morgan fingerprint density at radius 3 is 2.36 bits per heavy atom. The number of hydrogen-bond donors (Lipinski definition) is 3. The van der Waals surface area contributed by atoms with Crippen LogP contribution in [0.2, 0.25) is 0 Å². The molecule has 0 unspecified atom stereocenters. The van der Waals surface area contributed by atoms with Crippen molar-refractivity contribution in [2.45, 2.75) is 13.3 Å². The van der Waals surface area contributed by atoms with Crippen LogP contribution in [-0.4, -0.2) is 16.8 Å². The second kappa shape index (κ2) is 7.00. The highest BCUT2D eigenvalue weighted by Gasteiger charge is 2.13. The Kier molecular flexibility index (Phi) is 4.61. The van der Waals surface area contributed by atoms with Crippen molar-refractivity contribution in [2.75, 3.05) is 0 Å². The minimum Gasteiger partial charge on any atom is -0.322 e. The van der Waals surface area contributed by atoms with Gasteiger partial charge in [-0.3, -0.25) is 25.2 Å². The number of fused-ring (bicyclic) bond motifs is 1. The molecule has 1 aromatic heterocycles. The van der Waals surface area contributed by atoms with Crippen LogP contribution in [0.5, 0.6) is 0 Å². The Bertz CT molecular complexity index is 991. The molecule has 2 aromatic carbocycles. The van der Waals surface area contributed by atoms with Crippen LogP contribution in [0, 0.1) is 0 Å². The minimum absolute atomic E-state index is 0.195. The molecule has 25 heavy (non-hydrogen) atoms. The molecule has 0 fully saturated rings. The van der Waals surface area contributed by atoms with Crippen LogP contribution in [0.3, 0.4) is 0 Å². The molecule has 2 amide bonds. The van der Waals surface area contributed by atoms with Crippen molar-refractivity contribution in [3.05, 3.63) is 81.6 Å². The topological polar surface area (TPSA) is 91.1 Å². The van der Waals surface area contributed by atoms with Crippen molar-refractivity contribution in [1.29, 1.82) is 0 Å². The van der Waals surface area contributed by atoms with E-state index in [0.29, 0.717) is 16.5 Å². The van der Waals surface area contributed by atoms with Gasteiger partial charge in [0.15, 0.2) is 0 Å². The largest absolute Gasteiger partial charge is 0.322 e. The molecule has 6 heteroatoms. The molecule has 0 saturated heterocycles. The number of hydrazine groups is 1. The molecule has 0 aliphatic heterocycles. The molecule has 0 radical (unpaired) electrons. The number of aryl methyl sites for hydroxylation is 1. The lowest BCUT2D eigenvalue weighted by Gasteiger charge is -2.09. The van der Waals surface area contributed by atoms with E-state index in [9.17, 15) is 14.4 Å². The maximum atomic E-state index is 12.4. The summed E-state index contributed by atoms with van der Waals surface area (Å²) >= 11 is 0. The molecular formula is C19H17N3O3. The van der Waals surface area contributed by atoms with E-state index in [1.807, 2.05) is 19.1 Å². The zero-order valence-electron chi connectivity index (χ0n) is 13.6. The van der Waals surface area contributed by atoms with Crippen molar-refractivity contribution in [3.8, 4) is 0 Å². The highest BCUT2D eigenvalue weighted by molar-refractivity contribution is 6.07. The number of carbonyl (C=O) groups excluding carboxylic acids is 2. The molecule has 6 nitrogen and oxygen atoms in total. The van der Waals surface area contributed by atoms with Gasteiger partial charge in [-0.2, -0.15) is 0 Å². The van der Waals surface area contributed by atoms with Crippen LogP contribution >= 0.6 is 0 Å². The van der Waals surface area contributed by atoms with Crippen LogP contribution in [-0.2, 0) is 6.42 Å². The molecule has 3 aromatic rings. The van der Waals surface area contributed by atoms with E-state index >= 15 is 0 Å². The summed E-state index contributed by atoms with van der Waals surface area (Å²) in [5, 5.41) is 0.598. The molecule has 0 spiro atoms. The van der Waals surface area contributed by atoms with Gasteiger partial charge in [0.25, 0.3) is 11.8 Å². The Hall–Kier alpha value is -3.41. The second-order valence-electron chi connectivity index (χ2n) is 5.55. The molecular weight excluding hydrogens is 318 g/mol. The zero-order chi connectivity index (χ0) is 17.8. The van der Waals surface area contributed by atoms with Gasteiger partial charge in [0, 0.05) is 22.5 Å². The molecule has 3 rings (SSSR count). The van der Waals surface area contributed by atoms with Gasteiger partial charge >= 0.3 is 0 Å². The number of carbonyl (C=O) groups is 2. The number of hydrogen-bond acceptors (Lipinski definition) is 3. The summed E-state index contributed by atoms with van der Waals surface area (Å²) in [5.41, 5.74) is 6.65. The second-order valence-corrected chi connectivity index (χ2v) is 5.55. The quantitative estimate of drug-likeness (QED) is 0.641.